The Balaban J connectivity index is 1.92. The van der Waals surface area contributed by atoms with E-state index in [9.17, 15) is 0 Å². The molecule has 3 aromatic rings. The smallest absolute Gasteiger partial charge is 0.0910 e. The Bertz CT molecular complexity index is 888. The Morgan fingerprint density at radius 2 is 2.17 bits per heavy atom. The summed E-state index contributed by atoms with van der Waals surface area (Å²) in [5.74, 6) is 0. The minimum absolute atomic E-state index is 0.616. The SMILES string of the molecule is CCN(C)/C=N\c1cc(C)cc(Nc2ccc3ncsc3c2)c1Cl. The summed E-state index contributed by atoms with van der Waals surface area (Å²) < 4.78 is 1.14. The maximum atomic E-state index is 6.55. The van der Waals surface area contributed by atoms with Crippen LogP contribution in [0.2, 0.25) is 5.02 Å². The molecule has 1 aromatic heterocycles. The third-order valence-electron chi connectivity index (χ3n) is 3.70. The number of thiazole rings is 1. The van der Waals surface area contributed by atoms with Crippen LogP contribution in [0.5, 0.6) is 0 Å². The van der Waals surface area contributed by atoms with Gasteiger partial charge in [0.05, 0.1) is 38.5 Å². The van der Waals surface area contributed by atoms with Crippen molar-refractivity contribution in [2.75, 3.05) is 18.9 Å². The number of aliphatic imine (C=N–C) groups is 1. The van der Waals surface area contributed by atoms with Gasteiger partial charge < -0.3 is 10.2 Å². The van der Waals surface area contributed by atoms with Gasteiger partial charge in [-0.2, -0.15) is 0 Å². The Kier molecular flexibility index (Phi) is 5.02. The zero-order valence-electron chi connectivity index (χ0n) is 13.9. The van der Waals surface area contributed by atoms with Crippen molar-refractivity contribution in [3.8, 4) is 0 Å². The Morgan fingerprint density at radius 1 is 1.33 bits per heavy atom. The van der Waals surface area contributed by atoms with Crippen LogP contribution in [0.15, 0.2) is 40.8 Å². The molecule has 0 bridgehead atoms. The second-order valence-corrected chi connectivity index (χ2v) is 6.89. The molecule has 124 valence electrons. The Hall–Kier alpha value is -2.11. The molecule has 1 N–H and O–H groups in total. The van der Waals surface area contributed by atoms with Gasteiger partial charge >= 0.3 is 0 Å². The number of aryl methyl sites for hydroxylation is 1. The van der Waals surface area contributed by atoms with Crippen LogP contribution < -0.4 is 5.32 Å². The number of nitrogens with one attached hydrogen (secondary N) is 1. The van der Waals surface area contributed by atoms with Crippen LogP contribution in [-0.4, -0.2) is 29.8 Å². The van der Waals surface area contributed by atoms with Gasteiger partial charge in [-0.1, -0.05) is 11.6 Å². The largest absolute Gasteiger partial charge is 0.366 e. The van der Waals surface area contributed by atoms with E-state index in [0.29, 0.717) is 5.02 Å². The molecule has 0 aliphatic carbocycles. The molecule has 1 heterocycles. The molecule has 6 heteroatoms. The number of anilines is 2. The van der Waals surface area contributed by atoms with E-state index in [1.165, 1.54) is 0 Å². The van der Waals surface area contributed by atoms with Gasteiger partial charge in [-0.05, 0) is 49.7 Å². The van der Waals surface area contributed by atoms with Crippen LogP contribution in [0.1, 0.15) is 12.5 Å². The number of hydrogen-bond acceptors (Lipinski definition) is 4. The first-order valence-electron chi connectivity index (χ1n) is 7.71. The number of benzene rings is 2. The molecule has 0 amide bonds. The van der Waals surface area contributed by atoms with E-state index in [-0.39, 0.29) is 0 Å². The second kappa shape index (κ2) is 7.20. The summed E-state index contributed by atoms with van der Waals surface area (Å²) in [6.07, 6.45) is 1.80. The van der Waals surface area contributed by atoms with E-state index in [4.69, 9.17) is 11.6 Å². The highest BCUT2D eigenvalue weighted by molar-refractivity contribution is 7.16. The lowest BCUT2D eigenvalue weighted by molar-refractivity contribution is 0.552. The molecule has 0 radical (unpaired) electrons. The van der Waals surface area contributed by atoms with Crippen LogP contribution in [0.3, 0.4) is 0 Å². The summed E-state index contributed by atoms with van der Waals surface area (Å²) >= 11 is 8.17. The molecular weight excluding hydrogens is 340 g/mol. The first kappa shape index (κ1) is 16.7. The normalized spacial score (nSPS) is 11.3. The predicted octanol–water partition coefficient (Wildman–Crippen LogP) is 5.61. The number of fused-ring (bicyclic) bond motifs is 1. The maximum Gasteiger partial charge on any atom is 0.0910 e. The highest BCUT2D eigenvalue weighted by Gasteiger charge is 2.08. The zero-order valence-corrected chi connectivity index (χ0v) is 15.4. The molecule has 0 saturated heterocycles. The molecule has 0 aliphatic heterocycles. The van der Waals surface area contributed by atoms with Crippen molar-refractivity contribution in [1.29, 1.82) is 0 Å². The van der Waals surface area contributed by atoms with E-state index in [1.807, 2.05) is 48.6 Å². The summed E-state index contributed by atoms with van der Waals surface area (Å²) in [6, 6.07) is 10.1. The number of nitrogens with zero attached hydrogens (tertiary/aromatic N) is 3. The van der Waals surface area contributed by atoms with Crippen LogP contribution in [0.4, 0.5) is 17.1 Å². The minimum Gasteiger partial charge on any atom is -0.366 e. The molecule has 0 unspecified atom stereocenters. The average Bonchev–Trinajstić information content (AvgIpc) is 3.03. The topological polar surface area (TPSA) is 40.5 Å². The lowest BCUT2D eigenvalue weighted by Crippen LogP contribution is -2.14. The molecule has 24 heavy (non-hydrogen) atoms. The van der Waals surface area contributed by atoms with Crippen LogP contribution in [0.25, 0.3) is 10.2 Å². The first-order valence-corrected chi connectivity index (χ1v) is 8.97. The summed E-state index contributed by atoms with van der Waals surface area (Å²) in [5.41, 5.74) is 6.57. The highest BCUT2D eigenvalue weighted by Crippen LogP contribution is 2.36. The minimum atomic E-state index is 0.616. The van der Waals surface area contributed by atoms with Gasteiger partial charge in [0.25, 0.3) is 0 Å². The van der Waals surface area contributed by atoms with Crippen molar-refractivity contribution >= 4 is 56.6 Å². The number of rotatable bonds is 5. The fourth-order valence-corrected chi connectivity index (χ4v) is 3.19. The van der Waals surface area contributed by atoms with Gasteiger partial charge in [0, 0.05) is 19.3 Å². The Morgan fingerprint density at radius 3 is 2.96 bits per heavy atom. The molecule has 4 nitrogen and oxygen atoms in total. The van der Waals surface area contributed by atoms with Crippen molar-refractivity contribution in [2.45, 2.75) is 13.8 Å². The van der Waals surface area contributed by atoms with Crippen molar-refractivity contribution < 1.29 is 0 Å². The number of hydrogen-bond donors (Lipinski definition) is 1. The van der Waals surface area contributed by atoms with E-state index >= 15 is 0 Å². The van der Waals surface area contributed by atoms with Crippen molar-refractivity contribution in [1.82, 2.24) is 9.88 Å². The molecular formula is C18H19ClN4S. The van der Waals surface area contributed by atoms with E-state index in [1.54, 1.807) is 17.7 Å². The molecule has 0 saturated carbocycles. The van der Waals surface area contributed by atoms with Gasteiger partial charge in [-0.3, -0.25) is 0 Å². The fourth-order valence-electron chi connectivity index (χ4n) is 2.27. The van der Waals surface area contributed by atoms with Crippen molar-refractivity contribution in [3.63, 3.8) is 0 Å². The number of aromatic nitrogens is 1. The molecule has 0 atom stereocenters. The lowest BCUT2D eigenvalue weighted by atomic mass is 10.2. The number of halogens is 1. The van der Waals surface area contributed by atoms with Crippen LogP contribution in [-0.2, 0) is 0 Å². The summed E-state index contributed by atoms with van der Waals surface area (Å²) in [5, 5.41) is 4.01. The van der Waals surface area contributed by atoms with Gasteiger partial charge in [0.2, 0.25) is 0 Å². The predicted molar refractivity (Wildman–Crippen MR) is 106 cm³/mol. The summed E-state index contributed by atoms with van der Waals surface area (Å²) in [4.78, 5) is 10.8. The average molecular weight is 359 g/mol. The molecule has 0 fully saturated rings. The second-order valence-electron chi connectivity index (χ2n) is 5.62. The lowest BCUT2D eigenvalue weighted by Gasteiger charge is -2.13. The molecule has 0 aliphatic rings. The quantitative estimate of drug-likeness (QED) is 0.475. The van der Waals surface area contributed by atoms with E-state index < -0.39 is 0 Å². The standard InChI is InChI=1S/C18H19ClN4S/c1-4-23(3)10-20-15-7-12(2)8-16(18(15)19)22-13-5-6-14-17(9-13)24-11-21-14/h5-11,22H,4H2,1-3H3/b20-10-. The third-order valence-corrected chi connectivity index (χ3v) is 4.89. The van der Waals surface area contributed by atoms with Gasteiger partial charge in [0.1, 0.15) is 0 Å². The molecule has 2 aromatic carbocycles. The van der Waals surface area contributed by atoms with Gasteiger partial charge in [0.15, 0.2) is 0 Å². The Labute approximate surface area is 150 Å². The maximum absolute atomic E-state index is 6.55. The first-order chi connectivity index (χ1) is 11.6. The van der Waals surface area contributed by atoms with Crippen molar-refractivity contribution in [3.05, 3.63) is 46.4 Å². The summed E-state index contributed by atoms with van der Waals surface area (Å²) in [7, 11) is 1.98. The third kappa shape index (κ3) is 3.68. The van der Waals surface area contributed by atoms with E-state index in [0.717, 1.165) is 39.4 Å². The monoisotopic (exact) mass is 358 g/mol. The van der Waals surface area contributed by atoms with E-state index in [2.05, 4.69) is 28.3 Å². The highest BCUT2D eigenvalue weighted by atomic mass is 35.5. The molecule has 0 spiro atoms. The van der Waals surface area contributed by atoms with Gasteiger partial charge in [-0.15, -0.1) is 11.3 Å². The van der Waals surface area contributed by atoms with Crippen LogP contribution >= 0.6 is 22.9 Å². The molecule has 3 rings (SSSR count). The van der Waals surface area contributed by atoms with Gasteiger partial charge in [-0.25, -0.2) is 9.98 Å². The van der Waals surface area contributed by atoms with Crippen molar-refractivity contribution in [2.24, 2.45) is 4.99 Å². The summed E-state index contributed by atoms with van der Waals surface area (Å²) in [6.45, 7) is 5.01. The fraction of sp³-hybridized carbons (Fsp3) is 0.222. The zero-order chi connectivity index (χ0) is 17.1. The van der Waals surface area contributed by atoms with Crippen LogP contribution in [0, 0.1) is 6.92 Å².